The van der Waals surface area contributed by atoms with E-state index in [0.717, 1.165) is 35.6 Å². The second-order valence-corrected chi connectivity index (χ2v) is 6.26. The average molecular weight is 336 g/mol. The van der Waals surface area contributed by atoms with Crippen molar-refractivity contribution >= 4 is 11.6 Å². The maximum absolute atomic E-state index is 9.29. The van der Waals surface area contributed by atoms with Crippen LogP contribution >= 0.6 is 11.6 Å². The molecule has 3 aromatic rings. The normalized spacial score (nSPS) is 16.4. The van der Waals surface area contributed by atoms with Gasteiger partial charge in [-0.25, -0.2) is 4.98 Å². The molecule has 0 radical (unpaired) electrons. The molecule has 1 unspecified atom stereocenters. The van der Waals surface area contributed by atoms with E-state index in [1.54, 1.807) is 12.3 Å². The minimum Gasteiger partial charge on any atom is -0.441 e. The molecule has 0 amide bonds. The number of aromatic nitrogens is 2. The van der Waals surface area contributed by atoms with E-state index in [9.17, 15) is 5.26 Å². The van der Waals surface area contributed by atoms with Crippen molar-refractivity contribution in [3.63, 3.8) is 0 Å². The molecule has 2 heterocycles. The number of nitriles is 1. The molecule has 24 heavy (non-hydrogen) atoms. The number of oxazole rings is 1. The van der Waals surface area contributed by atoms with Crippen LogP contribution in [-0.4, -0.2) is 9.97 Å². The van der Waals surface area contributed by atoms with Gasteiger partial charge in [-0.05, 0) is 37.1 Å². The van der Waals surface area contributed by atoms with Gasteiger partial charge in [0.1, 0.15) is 11.8 Å². The van der Waals surface area contributed by atoms with E-state index in [-0.39, 0.29) is 5.92 Å². The molecule has 118 valence electrons. The van der Waals surface area contributed by atoms with E-state index < -0.39 is 0 Å². The molecular formula is C19H14ClN3O. The van der Waals surface area contributed by atoms with Crippen molar-refractivity contribution in [2.75, 3.05) is 0 Å². The summed E-state index contributed by atoms with van der Waals surface area (Å²) in [6.07, 6.45) is 4.17. The smallest absolute Gasteiger partial charge is 0.228 e. The molecule has 0 aliphatic heterocycles. The molecule has 0 spiro atoms. The number of halogens is 1. The Balaban J connectivity index is 1.67. The number of hydrogen-bond donors (Lipinski definition) is 0. The zero-order chi connectivity index (χ0) is 16.5. The molecule has 0 saturated heterocycles. The second kappa shape index (κ2) is 6.10. The lowest BCUT2D eigenvalue weighted by Gasteiger charge is -2.20. The molecule has 1 aromatic carbocycles. The highest BCUT2D eigenvalue weighted by Crippen LogP contribution is 2.36. The van der Waals surface area contributed by atoms with E-state index >= 15 is 0 Å². The lowest BCUT2D eigenvalue weighted by atomic mass is 9.86. The van der Waals surface area contributed by atoms with Gasteiger partial charge in [-0.15, -0.1) is 0 Å². The molecule has 0 saturated carbocycles. The molecular weight excluding hydrogens is 322 g/mol. The van der Waals surface area contributed by atoms with Gasteiger partial charge in [-0.1, -0.05) is 23.7 Å². The van der Waals surface area contributed by atoms with Gasteiger partial charge in [0.2, 0.25) is 5.89 Å². The first kappa shape index (κ1) is 14.9. The van der Waals surface area contributed by atoms with Gasteiger partial charge in [0, 0.05) is 18.5 Å². The van der Waals surface area contributed by atoms with Crippen LogP contribution in [0.2, 0.25) is 5.02 Å². The summed E-state index contributed by atoms with van der Waals surface area (Å²) in [6, 6.07) is 13.4. The summed E-state index contributed by atoms with van der Waals surface area (Å²) in [4.78, 5) is 9.04. The Kier molecular flexibility index (Phi) is 3.79. The first-order valence-electron chi connectivity index (χ1n) is 7.84. The Bertz CT molecular complexity index is 942. The lowest BCUT2D eigenvalue weighted by Crippen LogP contribution is -2.14. The largest absolute Gasteiger partial charge is 0.441 e. The summed E-state index contributed by atoms with van der Waals surface area (Å²) in [6.45, 7) is 0. The van der Waals surface area contributed by atoms with Gasteiger partial charge in [-0.2, -0.15) is 5.26 Å². The quantitative estimate of drug-likeness (QED) is 0.690. The molecule has 4 rings (SSSR count). The van der Waals surface area contributed by atoms with Gasteiger partial charge in [0.05, 0.1) is 27.5 Å². The number of rotatable bonds is 2. The third-order valence-electron chi connectivity index (χ3n) is 4.39. The minimum absolute atomic E-state index is 0.181. The summed E-state index contributed by atoms with van der Waals surface area (Å²) in [7, 11) is 0. The molecule has 0 bridgehead atoms. The zero-order valence-electron chi connectivity index (χ0n) is 12.9. The maximum Gasteiger partial charge on any atom is 0.228 e. The predicted octanol–water partition coefficient (Wildman–Crippen LogP) is 4.53. The van der Waals surface area contributed by atoms with E-state index in [1.165, 1.54) is 0 Å². The van der Waals surface area contributed by atoms with Crippen molar-refractivity contribution in [2.24, 2.45) is 0 Å². The van der Waals surface area contributed by atoms with Crippen LogP contribution < -0.4 is 0 Å². The van der Waals surface area contributed by atoms with Crippen molar-refractivity contribution in [1.29, 1.82) is 5.26 Å². The van der Waals surface area contributed by atoms with Gasteiger partial charge in [0.25, 0.3) is 0 Å². The fourth-order valence-corrected chi connectivity index (χ4v) is 3.41. The van der Waals surface area contributed by atoms with Crippen LogP contribution in [0.1, 0.15) is 35.1 Å². The van der Waals surface area contributed by atoms with Crippen molar-refractivity contribution in [1.82, 2.24) is 9.97 Å². The first-order chi connectivity index (χ1) is 11.8. The summed E-state index contributed by atoms with van der Waals surface area (Å²) >= 11 is 6.24. The SMILES string of the molecule is N#Cc1cccnc1C1CCc2nc(-c3ccccc3Cl)oc2C1. The highest BCUT2D eigenvalue weighted by Gasteiger charge is 2.28. The summed E-state index contributed by atoms with van der Waals surface area (Å²) < 4.78 is 5.99. The van der Waals surface area contributed by atoms with Gasteiger partial charge < -0.3 is 4.42 Å². The van der Waals surface area contributed by atoms with Crippen LogP contribution in [0.4, 0.5) is 0 Å². The van der Waals surface area contributed by atoms with Crippen LogP contribution in [0.3, 0.4) is 0 Å². The number of hydrogen-bond acceptors (Lipinski definition) is 4. The fourth-order valence-electron chi connectivity index (χ4n) is 3.20. The Hall–Kier alpha value is -2.64. The van der Waals surface area contributed by atoms with Crippen molar-refractivity contribution in [3.05, 3.63) is 70.3 Å². The fraction of sp³-hybridized carbons (Fsp3) is 0.211. The van der Waals surface area contributed by atoms with E-state index in [2.05, 4.69) is 16.0 Å². The maximum atomic E-state index is 9.29. The molecule has 4 nitrogen and oxygen atoms in total. The summed E-state index contributed by atoms with van der Waals surface area (Å²) in [5.74, 6) is 1.61. The van der Waals surface area contributed by atoms with Crippen LogP contribution in [0.25, 0.3) is 11.5 Å². The molecule has 1 aliphatic carbocycles. The summed E-state index contributed by atoms with van der Waals surface area (Å²) in [5.41, 5.74) is 3.27. The Morgan fingerprint density at radius 2 is 2.08 bits per heavy atom. The number of fused-ring (bicyclic) bond motifs is 1. The molecule has 1 aliphatic rings. The highest BCUT2D eigenvalue weighted by atomic mass is 35.5. The standard InChI is InChI=1S/C19H14ClN3O/c20-15-6-2-1-5-14(15)19-23-16-8-7-12(10-17(16)24-19)18-13(11-21)4-3-9-22-18/h1-6,9,12H,7-8,10H2. The predicted molar refractivity (Wildman–Crippen MR) is 90.7 cm³/mol. The lowest BCUT2D eigenvalue weighted by molar-refractivity contribution is 0.453. The number of benzene rings is 1. The van der Waals surface area contributed by atoms with Crippen molar-refractivity contribution < 1.29 is 4.42 Å². The number of pyridine rings is 1. The average Bonchev–Trinajstić information content (AvgIpc) is 3.05. The Morgan fingerprint density at radius 1 is 1.21 bits per heavy atom. The van der Waals surface area contributed by atoms with E-state index in [1.807, 2.05) is 30.3 Å². The van der Waals surface area contributed by atoms with Gasteiger partial charge in [0.15, 0.2) is 0 Å². The topological polar surface area (TPSA) is 62.7 Å². The molecule has 0 fully saturated rings. The highest BCUT2D eigenvalue weighted by molar-refractivity contribution is 6.33. The van der Waals surface area contributed by atoms with Crippen molar-refractivity contribution in [2.45, 2.75) is 25.2 Å². The molecule has 2 aromatic heterocycles. The minimum atomic E-state index is 0.181. The third kappa shape index (κ3) is 2.57. The zero-order valence-corrected chi connectivity index (χ0v) is 13.6. The Labute approximate surface area is 144 Å². The third-order valence-corrected chi connectivity index (χ3v) is 4.72. The summed E-state index contributed by atoms with van der Waals surface area (Å²) in [5, 5.41) is 9.92. The van der Waals surface area contributed by atoms with Crippen LogP contribution in [-0.2, 0) is 12.8 Å². The monoisotopic (exact) mass is 335 g/mol. The number of nitrogens with zero attached hydrogens (tertiary/aromatic N) is 3. The second-order valence-electron chi connectivity index (χ2n) is 5.86. The van der Waals surface area contributed by atoms with Crippen LogP contribution in [0.15, 0.2) is 47.0 Å². The van der Waals surface area contributed by atoms with E-state index in [4.69, 9.17) is 16.0 Å². The van der Waals surface area contributed by atoms with E-state index in [0.29, 0.717) is 22.9 Å². The molecule has 0 N–H and O–H groups in total. The van der Waals surface area contributed by atoms with Crippen LogP contribution in [0, 0.1) is 11.3 Å². The Morgan fingerprint density at radius 3 is 2.92 bits per heavy atom. The van der Waals surface area contributed by atoms with Crippen LogP contribution in [0.5, 0.6) is 0 Å². The van der Waals surface area contributed by atoms with Crippen molar-refractivity contribution in [3.8, 4) is 17.5 Å². The van der Waals surface area contributed by atoms with Gasteiger partial charge in [-0.3, -0.25) is 4.98 Å². The van der Waals surface area contributed by atoms with Gasteiger partial charge >= 0.3 is 0 Å². The molecule has 1 atom stereocenters. The molecule has 5 heteroatoms. The first-order valence-corrected chi connectivity index (χ1v) is 8.22. The number of aryl methyl sites for hydroxylation is 1.